The number of rotatable bonds is 4. The Morgan fingerprint density at radius 3 is 2.89 bits per heavy atom. The maximum absolute atomic E-state index is 12.8. The molecule has 1 atom stereocenters. The molecule has 0 spiro atoms. The summed E-state index contributed by atoms with van der Waals surface area (Å²) in [6, 6.07) is 14.8. The maximum Gasteiger partial charge on any atom is 0.255 e. The van der Waals surface area contributed by atoms with Gasteiger partial charge in [0.25, 0.3) is 5.91 Å². The zero-order valence-corrected chi connectivity index (χ0v) is 14.9. The number of hydrogen-bond acceptors (Lipinski definition) is 4. The second-order valence-electron chi connectivity index (χ2n) is 6.49. The van der Waals surface area contributed by atoms with E-state index in [1.807, 2.05) is 36.4 Å². The zero-order chi connectivity index (χ0) is 18.8. The number of ether oxygens (including phenoxy) is 1. The summed E-state index contributed by atoms with van der Waals surface area (Å²) in [7, 11) is 1.56. The molecule has 1 unspecified atom stereocenters. The van der Waals surface area contributed by atoms with Gasteiger partial charge in [-0.2, -0.15) is 0 Å². The minimum atomic E-state index is -0.230. The molecule has 1 aromatic heterocycles. The normalized spacial score (nSPS) is 16.2. The molecule has 6 heteroatoms. The number of fused-ring (bicyclic) bond motifs is 1. The minimum absolute atomic E-state index is 0.00110. The van der Waals surface area contributed by atoms with Crippen molar-refractivity contribution in [3.63, 3.8) is 0 Å². The Kier molecular flexibility index (Phi) is 4.46. The van der Waals surface area contributed by atoms with E-state index < -0.39 is 0 Å². The van der Waals surface area contributed by atoms with Gasteiger partial charge in [0, 0.05) is 29.3 Å². The van der Waals surface area contributed by atoms with Crippen molar-refractivity contribution < 1.29 is 14.3 Å². The van der Waals surface area contributed by atoms with Gasteiger partial charge < -0.3 is 15.4 Å². The summed E-state index contributed by atoms with van der Waals surface area (Å²) in [4.78, 5) is 28.5. The number of benzene rings is 2. The third-order valence-electron chi connectivity index (χ3n) is 4.69. The summed E-state index contributed by atoms with van der Waals surface area (Å²) in [6.45, 7) is 0. The van der Waals surface area contributed by atoms with Crippen LogP contribution in [-0.4, -0.2) is 23.9 Å². The van der Waals surface area contributed by atoms with Crippen LogP contribution in [0.5, 0.6) is 5.75 Å². The summed E-state index contributed by atoms with van der Waals surface area (Å²) in [5.74, 6) is 0.388. The number of carbonyl (C=O) groups excluding carboxylic acids is 2. The second kappa shape index (κ2) is 7.07. The van der Waals surface area contributed by atoms with E-state index in [1.165, 1.54) is 0 Å². The molecule has 1 fully saturated rings. The molecule has 0 aliphatic carbocycles. The number of amides is 2. The molecule has 2 N–H and O–H groups in total. The van der Waals surface area contributed by atoms with E-state index in [0.717, 1.165) is 22.9 Å². The smallest absolute Gasteiger partial charge is 0.255 e. The Bertz CT molecular complexity index is 1030. The number of nitrogens with zero attached hydrogens (tertiary/aromatic N) is 1. The Labute approximate surface area is 156 Å². The molecule has 2 amide bonds. The summed E-state index contributed by atoms with van der Waals surface area (Å²) < 4.78 is 5.38. The molecular formula is C21H19N3O3. The first-order valence-electron chi connectivity index (χ1n) is 8.77. The largest absolute Gasteiger partial charge is 0.494 e. The van der Waals surface area contributed by atoms with E-state index in [2.05, 4.69) is 15.6 Å². The van der Waals surface area contributed by atoms with Gasteiger partial charge in [-0.1, -0.05) is 18.2 Å². The van der Waals surface area contributed by atoms with Crippen LogP contribution < -0.4 is 15.4 Å². The molecule has 136 valence electrons. The average Bonchev–Trinajstić information content (AvgIpc) is 3.13. The molecule has 1 saturated heterocycles. The standard InChI is InChI=1S/C21H19N3O3/c1-27-18-12-15(10-14-5-3-9-22-20(14)18)21(26)23-16-6-2-4-13(11-16)17-7-8-19(25)24-17/h2-6,9-12,17H,7-8H2,1H3,(H,23,26)(H,24,25). The van der Waals surface area contributed by atoms with Crippen molar-refractivity contribution in [2.45, 2.75) is 18.9 Å². The van der Waals surface area contributed by atoms with Gasteiger partial charge in [0.15, 0.2) is 0 Å². The molecule has 2 heterocycles. The first-order valence-corrected chi connectivity index (χ1v) is 8.77. The van der Waals surface area contributed by atoms with Crippen molar-refractivity contribution in [3.8, 4) is 5.75 Å². The van der Waals surface area contributed by atoms with Crippen LogP contribution in [0.2, 0.25) is 0 Å². The van der Waals surface area contributed by atoms with Gasteiger partial charge in [-0.25, -0.2) is 0 Å². The fraction of sp³-hybridized carbons (Fsp3) is 0.190. The van der Waals surface area contributed by atoms with E-state index >= 15 is 0 Å². The number of hydrogen-bond donors (Lipinski definition) is 2. The van der Waals surface area contributed by atoms with E-state index in [4.69, 9.17) is 4.74 Å². The quantitative estimate of drug-likeness (QED) is 0.746. The zero-order valence-electron chi connectivity index (χ0n) is 14.9. The Morgan fingerprint density at radius 1 is 1.22 bits per heavy atom. The van der Waals surface area contributed by atoms with Crippen molar-refractivity contribution in [1.29, 1.82) is 0 Å². The van der Waals surface area contributed by atoms with Crippen LogP contribution in [0.4, 0.5) is 5.69 Å². The summed E-state index contributed by atoms with van der Waals surface area (Å²) in [5.41, 5.74) is 2.88. The van der Waals surface area contributed by atoms with Crippen molar-refractivity contribution >= 4 is 28.4 Å². The molecule has 0 bridgehead atoms. The third-order valence-corrected chi connectivity index (χ3v) is 4.69. The van der Waals surface area contributed by atoms with E-state index in [0.29, 0.717) is 23.4 Å². The predicted molar refractivity (Wildman–Crippen MR) is 103 cm³/mol. The summed E-state index contributed by atoms with van der Waals surface area (Å²) in [5, 5.41) is 6.70. The Hall–Kier alpha value is -3.41. The van der Waals surface area contributed by atoms with Crippen LogP contribution in [0.25, 0.3) is 10.9 Å². The van der Waals surface area contributed by atoms with E-state index in [1.54, 1.807) is 25.4 Å². The highest BCUT2D eigenvalue weighted by molar-refractivity contribution is 6.07. The highest BCUT2D eigenvalue weighted by Gasteiger charge is 2.22. The van der Waals surface area contributed by atoms with Crippen LogP contribution in [0.3, 0.4) is 0 Å². The Balaban J connectivity index is 1.59. The lowest BCUT2D eigenvalue weighted by Gasteiger charge is -2.13. The highest BCUT2D eigenvalue weighted by Crippen LogP contribution is 2.28. The number of anilines is 1. The molecule has 0 saturated carbocycles. The molecule has 4 rings (SSSR count). The lowest BCUT2D eigenvalue weighted by Crippen LogP contribution is -2.18. The minimum Gasteiger partial charge on any atom is -0.494 e. The van der Waals surface area contributed by atoms with Crippen molar-refractivity contribution in [2.24, 2.45) is 0 Å². The molecule has 3 aromatic rings. The van der Waals surface area contributed by atoms with Crippen molar-refractivity contribution in [3.05, 3.63) is 65.9 Å². The monoisotopic (exact) mass is 361 g/mol. The van der Waals surface area contributed by atoms with Crippen LogP contribution in [0.15, 0.2) is 54.7 Å². The van der Waals surface area contributed by atoms with Gasteiger partial charge in [-0.3, -0.25) is 14.6 Å². The van der Waals surface area contributed by atoms with Gasteiger partial charge in [0.1, 0.15) is 11.3 Å². The van der Waals surface area contributed by atoms with E-state index in [9.17, 15) is 9.59 Å². The van der Waals surface area contributed by atoms with Crippen LogP contribution in [0, 0.1) is 0 Å². The average molecular weight is 361 g/mol. The molecule has 2 aromatic carbocycles. The van der Waals surface area contributed by atoms with Gasteiger partial charge in [-0.05, 0) is 42.3 Å². The van der Waals surface area contributed by atoms with Crippen LogP contribution >= 0.6 is 0 Å². The lowest BCUT2D eigenvalue weighted by atomic mass is 10.0. The SMILES string of the molecule is COc1cc(C(=O)Nc2cccc(C3CCC(=O)N3)c2)cc2cccnc12. The molecule has 0 radical (unpaired) electrons. The maximum atomic E-state index is 12.8. The first-order chi connectivity index (χ1) is 13.1. The molecular weight excluding hydrogens is 342 g/mol. The number of pyridine rings is 1. The third kappa shape index (κ3) is 3.46. The van der Waals surface area contributed by atoms with Gasteiger partial charge >= 0.3 is 0 Å². The number of nitrogens with one attached hydrogen (secondary N) is 2. The number of aromatic nitrogens is 1. The molecule has 6 nitrogen and oxygen atoms in total. The van der Waals surface area contributed by atoms with Crippen molar-refractivity contribution in [2.75, 3.05) is 12.4 Å². The Morgan fingerprint density at radius 2 is 2.11 bits per heavy atom. The fourth-order valence-electron chi connectivity index (χ4n) is 3.35. The molecule has 1 aliphatic heterocycles. The predicted octanol–water partition coefficient (Wildman–Crippen LogP) is 3.45. The lowest BCUT2D eigenvalue weighted by molar-refractivity contribution is -0.119. The van der Waals surface area contributed by atoms with Gasteiger partial charge in [0.2, 0.25) is 5.91 Å². The summed E-state index contributed by atoms with van der Waals surface area (Å²) in [6.07, 6.45) is 3.00. The highest BCUT2D eigenvalue weighted by atomic mass is 16.5. The van der Waals surface area contributed by atoms with Crippen LogP contribution in [-0.2, 0) is 4.79 Å². The van der Waals surface area contributed by atoms with E-state index in [-0.39, 0.29) is 17.9 Å². The summed E-state index contributed by atoms with van der Waals surface area (Å²) >= 11 is 0. The van der Waals surface area contributed by atoms with Crippen molar-refractivity contribution in [1.82, 2.24) is 10.3 Å². The second-order valence-corrected chi connectivity index (χ2v) is 6.49. The number of carbonyl (C=O) groups is 2. The molecule has 1 aliphatic rings. The molecule has 27 heavy (non-hydrogen) atoms. The number of methoxy groups -OCH3 is 1. The van der Waals surface area contributed by atoms with Gasteiger partial charge in [0.05, 0.1) is 13.2 Å². The van der Waals surface area contributed by atoms with Gasteiger partial charge in [-0.15, -0.1) is 0 Å². The first kappa shape index (κ1) is 17.0. The van der Waals surface area contributed by atoms with Crippen LogP contribution in [0.1, 0.15) is 34.8 Å². The fourth-order valence-corrected chi connectivity index (χ4v) is 3.35. The topological polar surface area (TPSA) is 80.3 Å².